The maximum Gasteiger partial charge on any atom is 0.124 e. The summed E-state index contributed by atoms with van der Waals surface area (Å²) < 4.78 is 14.4. The fourth-order valence-corrected chi connectivity index (χ4v) is 2.75. The summed E-state index contributed by atoms with van der Waals surface area (Å²) >= 11 is 3.36. The lowest BCUT2D eigenvalue weighted by molar-refractivity contribution is 0.601. The van der Waals surface area contributed by atoms with Crippen LogP contribution in [0.25, 0.3) is 0 Å². The molecule has 1 nitrogen and oxygen atoms in total. The first kappa shape index (κ1) is 14.2. The highest BCUT2D eigenvalue weighted by molar-refractivity contribution is 9.10. The van der Waals surface area contributed by atoms with Gasteiger partial charge in [-0.1, -0.05) is 47.1 Å². The Labute approximate surface area is 122 Å². The molecule has 0 saturated heterocycles. The molecule has 0 amide bonds. The Morgan fingerprint density at radius 2 is 1.95 bits per heavy atom. The largest absolute Gasteiger partial charge is 0.307 e. The van der Waals surface area contributed by atoms with Crippen LogP contribution in [-0.2, 0) is 0 Å². The second-order valence-electron chi connectivity index (χ2n) is 4.55. The standard InChI is InChI=1S/C16H17BrFN/c1-3-19-16(15-7-5-4-6-11(15)2)12-8-13(17)10-14(18)9-12/h4-10,16,19H,3H2,1-2H3. The molecular weight excluding hydrogens is 305 g/mol. The lowest BCUT2D eigenvalue weighted by Crippen LogP contribution is -2.22. The maximum atomic E-state index is 13.6. The van der Waals surface area contributed by atoms with E-state index in [9.17, 15) is 4.39 Å². The summed E-state index contributed by atoms with van der Waals surface area (Å²) in [6.45, 7) is 4.96. The Bertz CT molecular complexity index is 548. The second kappa shape index (κ2) is 6.31. The van der Waals surface area contributed by atoms with Crippen molar-refractivity contribution in [1.82, 2.24) is 5.32 Å². The van der Waals surface area contributed by atoms with Crippen molar-refractivity contribution in [3.05, 3.63) is 69.4 Å². The van der Waals surface area contributed by atoms with Crippen LogP contribution in [0.5, 0.6) is 0 Å². The molecule has 0 aliphatic carbocycles. The van der Waals surface area contributed by atoms with Gasteiger partial charge in [0, 0.05) is 4.47 Å². The highest BCUT2D eigenvalue weighted by Crippen LogP contribution is 2.27. The zero-order chi connectivity index (χ0) is 13.8. The second-order valence-corrected chi connectivity index (χ2v) is 5.47. The van der Waals surface area contributed by atoms with Crippen molar-refractivity contribution in [1.29, 1.82) is 0 Å². The molecule has 2 aromatic carbocycles. The molecule has 0 fully saturated rings. The van der Waals surface area contributed by atoms with E-state index in [1.807, 2.05) is 18.2 Å². The molecule has 2 rings (SSSR count). The van der Waals surface area contributed by atoms with Gasteiger partial charge in [-0.05, 0) is 48.4 Å². The van der Waals surface area contributed by atoms with Crippen molar-refractivity contribution < 1.29 is 4.39 Å². The molecule has 0 saturated carbocycles. The fourth-order valence-electron chi connectivity index (χ4n) is 2.26. The quantitative estimate of drug-likeness (QED) is 0.868. The molecular formula is C16H17BrFN. The minimum absolute atomic E-state index is 0.0122. The molecule has 0 spiro atoms. The van der Waals surface area contributed by atoms with E-state index in [2.05, 4.69) is 47.2 Å². The molecule has 0 aliphatic rings. The third kappa shape index (κ3) is 3.43. The van der Waals surface area contributed by atoms with Crippen LogP contribution in [0.15, 0.2) is 46.9 Å². The van der Waals surface area contributed by atoms with Crippen molar-refractivity contribution in [2.24, 2.45) is 0 Å². The van der Waals surface area contributed by atoms with Crippen molar-refractivity contribution in [3.8, 4) is 0 Å². The monoisotopic (exact) mass is 321 g/mol. The molecule has 3 heteroatoms. The molecule has 1 N–H and O–H groups in total. The molecule has 0 aromatic heterocycles. The van der Waals surface area contributed by atoms with Crippen molar-refractivity contribution in [2.75, 3.05) is 6.54 Å². The highest BCUT2D eigenvalue weighted by Gasteiger charge is 2.16. The number of nitrogens with one attached hydrogen (secondary N) is 1. The number of hydrogen-bond acceptors (Lipinski definition) is 1. The van der Waals surface area contributed by atoms with E-state index < -0.39 is 0 Å². The average molecular weight is 322 g/mol. The summed E-state index contributed by atoms with van der Waals surface area (Å²) in [4.78, 5) is 0. The van der Waals surface area contributed by atoms with Gasteiger partial charge in [-0.2, -0.15) is 0 Å². The molecule has 0 heterocycles. The lowest BCUT2D eigenvalue weighted by Gasteiger charge is -2.21. The summed E-state index contributed by atoms with van der Waals surface area (Å²) in [6.07, 6.45) is 0. The van der Waals surface area contributed by atoms with Gasteiger partial charge in [0.2, 0.25) is 0 Å². The van der Waals surface area contributed by atoms with Crippen LogP contribution in [0, 0.1) is 12.7 Å². The smallest absolute Gasteiger partial charge is 0.124 e. The SMILES string of the molecule is CCNC(c1cc(F)cc(Br)c1)c1ccccc1C. The van der Waals surface area contributed by atoms with Gasteiger partial charge in [0.05, 0.1) is 6.04 Å². The molecule has 19 heavy (non-hydrogen) atoms. The van der Waals surface area contributed by atoms with Gasteiger partial charge >= 0.3 is 0 Å². The third-order valence-electron chi connectivity index (χ3n) is 3.13. The van der Waals surface area contributed by atoms with E-state index >= 15 is 0 Å². The van der Waals surface area contributed by atoms with E-state index in [1.165, 1.54) is 17.2 Å². The predicted octanol–water partition coefficient (Wildman–Crippen LogP) is 4.60. The predicted molar refractivity (Wildman–Crippen MR) is 80.8 cm³/mol. The number of benzene rings is 2. The molecule has 1 unspecified atom stereocenters. The van der Waals surface area contributed by atoms with Crippen LogP contribution in [0.3, 0.4) is 0 Å². The molecule has 0 bridgehead atoms. The first-order valence-electron chi connectivity index (χ1n) is 6.36. The maximum absolute atomic E-state index is 13.6. The van der Waals surface area contributed by atoms with Gasteiger partial charge in [-0.3, -0.25) is 0 Å². The fraction of sp³-hybridized carbons (Fsp3) is 0.250. The normalized spacial score (nSPS) is 12.4. The minimum atomic E-state index is -0.221. The molecule has 100 valence electrons. The average Bonchev–Trinajstić information content (AvgIpc) is 2.36. The van der Waals surface area contributed by atoms with Gasteiger partial charge in [-0.15, -0.1) is 0 Å². The van der Waals surface area contributed by atoms with Crippen LogP contribution in [0.2, 0.25) is 0 Å². The number of aryl methyl sites for hydroxylation is 1. The van der Waals surface area contributed by atoms with Crippen LogP contribution < -0.4 is 5.32 Å². The van der Waals surface area contributed by atoms with Crippen molar-refractivity contribution in [2.45, 2.75) is 19.9 Å². The summed E-state index contributed by atoms with van der Waals surface area (Å²) in [7, 11) is 0. The van der Waals surface area contributed by atoms with Crippen LogP contribution in [0.1, 0.15) is 29.7 Å². The Morgan fingerprint density at radius 3 is 2.58 bits per heavy atom. The van der Waals surface area contributed by atoms with Gasteiger partial charge in [0.15, 0.2) is 0 Å². The summed E-state index contributed by atoms with van der Waals surface area (Å²) in [5.41, 5.74) is 3.32. The molecule has 0 radical (unpaired) electrons. The first-order chi connectivity index (χ1) is 9.11. The Hall–Kier alpha value is -1.19. The van der Waals surface area contributed by atoms with E-state index in [4.69, 9.17) is 0 Å². The Kier molecular flexibility index (Phi) is 4.72. The first-order valence-corrected chi connectivity index (χ1v) is 7.16. The summed E-state index contributed by atoms with van der Waals surface area (Å²) in [5, 5.41) is 3.42. The topological polar surface area (TPSA) is 12.0 Å². The van der Waals surface area contributed by atoms with Crippen molar-refractivity contribution >= 4 is 15.9 Å². The number of halogens is 2. The van der Waals surface area contributed by atoms with Crippen LogP contribution >= 0.6 is 15.9 Å². The zero-order valence-electron chi connectivity index (χ0n) is 11.1. The van der Waals surface area contributed by atoms with E-state index in [1.54, 1.807) is 6.07 Å². The zero-order valence-corrected chi connectivity index (χ0v) is 12.7. The van der Waals surface area contributed by atoms with Gasteiger partial charge in [0.1, 0.15) is 5.82 Å². The molecule has 1 atom stereocenters. The minimum Gasteiger partial charge on any atom is -0.307 e. The van der Waals surface area contributed by atoms with Crippen LogP contribution in [-0.4, -0.2) is 6.54 Å². The van der Waals surface area contributed by atoms with Crippen molar-refractivity contribution in [3.63, 3.8) is 0 Å². The highest BCUT2D eigenvalue weighted by atomic mass is 79.9. The van der Waals surface area contributed by atoms with Gasteiger partial charge in [0.25, 0.3) is 0 Å². The van der Waals surface area contributed by atoms with E-state index in [-0.39, 0.29) is 11.9 Å². The molecule has 0 aliphatic heterocycles. The summed E-state index contributed by atoms with van der Waals surface area (Å²) in [6, 6.07) is 13.2. The van der Waals surface area contributed by atoms with E-state index in [0.717, 1.165) is 16.6 Å². The number of hydrogen-bond donors (Lipinski definition) is 1. The lowest BCUT2D eigenvalue weighted by atomic mass is 9.95. The third-order valence-corrected chi connectivity index (χ3v) is 3.58. The Balaban J connectivity index is 2.48. The van der Waals surface area contributed by atoms with Gasteiger partial charge in [-0.25, -0.2) is 4.39 Å². The Morgan fingerprint density at radius 1 is 1.21 bits per heavy atom. The van der Waals surface area contributed by atoms with E-state index in [0.29, 0.717) is 0 Å². The van der Waals surface area contributed by atoms with Gasteiger partial charge < -0.3 is 5.32 Å². The van der Waals surface area contributed by atoms with Crippen LogP contribution in [0.4, 0.5) is 4.39 Å². The summed E-state index contributed by atoms with van der Waals surface area (Å²) in [5.74, 6) is -0.221. The molecule has 2 aromatic rings. The number of rotatable bonds is 4.